The molecule has 0 aromatic heterocycles. The molecular formula is C14H15NO2S. The van der Waals surface area contributed by atoms with Crippen molar-refractivity contribution in [2.24, 2.45) is 0 Å². The Balaban J connectivity index is 2.37. The summed E-state index contributed by atoms with van der Waals surface area (Å²) >= 11 is 0. The molecule has 0 spiro atoms. The van der Waals surface area contributed by atoms with Crippen molar-refractivity contribution in [2.75, 3.05) is 4.72 Å². The first-order valence-corrected chi connectivity index (χ1v) is 7.12. The Morgan fingerprint density at radius 1 is 0.944 bits per heavy atom. The zero-order valence-corrected chi connectivity index (χ0v) is 11.2. The van der Waals surface area contributed by atoms with Gasteiger partial charge in [-0.3, -0.25) is 4.72 Å². The molecule has 2 aromatic rings. The van der Waals surface area contributed by atoms with Crippen LogP contribution in [0.3, 0.4) is 0 Å². The van der Waals surface area contributed by atoms with Crippen molar-refractivity contribution in [3.05, 3.63) is 59.7 Å². The summed E-state index contributed by atoms with van der Waals surface area (Å²) in [7, 11) is -3.50. The fraction of sp³-hybridized carbons (Fsp3) is 0.143. The molecule has 94 valence electrons. The fourth-order valence-corrected chi connectivity index (χ4v) is 2.79. The maximum absolute atomic E-state index is 12.2. The summed E-state index contributed by atoms with van der Waals surface area (Å²) in [6.07, 6.45) is 0. The average Bonchev–Trinajstić information content (AvgIpc) is 2.35. The molecule has 0 amide bonds. The third-order valence-corrected chi connectivity index (χ3v) is 4.07. The second-order valence-corrected chi connectivity index (χ2v) is 5.92. The van der Waals surface area contributed by atoms with Gasteiger partial charge in [-0.1, -0.05) is 30.3 Å². The summed E-state index contributed by atoms with van der Waals surface area (Å²) in [5.41, 5.74) is 2.55. The summed E-state index contributed by atoms with van der Waals surface area (Å²) in [5, 5.41) is 0. The zero-order chi connectivity index (χ0) is 13.2. The molecule has 0 aliphatic heterocycles. The molecule has 0 saturated carbocycles. The third-order valence-electron chi connectivity index (χ3n) is 2.69. The van der Waals surface area contributed by atoms with E-state index in [-0.39, 0.29) is 4.90 Å². The number of benzene rings is 2. The molecule has 1 N–H and O–H groups in total. The summed E-state index contributed by atoms with van der Waals surface area (Å²) in [6, 6.07) is 14.0. The molecule has 0 radical (unpaired) electrons. The standard InChI is InChI=1S/C14H15NO2S/c1-11-8-9-12(2)14(10-11)15-18(16,17)13-6-4-3-5-7-13/h3-10,15H,1-2H3. The van der Waals surface area contributed by atoms with Crippen LogP contribution in [0, 0.1) is 13.8 Å². The Hall–Kier alpha value is -1.81. The molecule has 0 unspecified atom stereocenters. The van der Waals surface area contributed by atoms with Crippen LogP contribution in [0.5, 0.6) is 0 Å². The van der Waals surface area contributed by atoms with Crippen molar-refractivity contribution >= 4 is 15.7 Å². The normalized spacial score (nSPS) is 11.2. The summed E-state index contributed by atoms with van der Waals surface area (Å²) in [5.74, 6) is 0. The smallest absolute Gasteiger partial charge is 0.261 e. The van der Waals surface area contributed by atoms with Gasteiger partial charge in [0, 0.05) is 0 Å². The Morgan fingerprint density at radius 3 is 2.28 bits per heavy atom. The molecule has 2 rings (SSSR count). The average molecular weight is 261 g/mol. The Labute approximate surface area is 108 Å². The molecule has 3 nitrogen and oxygen atoms in total. The van der Waals surface area contributed by atoms with Gasteiger partial charge < -0.3 is 0 Å². The summed E-state index contributed by atoms with van der Waals surface area (Å²) in [4.78, 5) is 0.269. The molecule has 0 bridgehead atoms. The number of anilines is 1. The van der Waals surface area contributed by atoms with Crippen LogP contribution in [0.2, 0.25) is 0 Å². The van der Waals surface area contributed by atoms with Crippen molar-refractivity contribution in [3.8, 4) is 0 Å². The number of hydrogen-bond acceptors (Lipinski definition) is 2. The Bertz CT molecular complexity index is 649. The first kappa shape index (κ1) is 12.6. The minimum Gasteiger partial charge on any atom is -0.279 e. The second-order valence-electron chi connectivity index (χ2n) is 4.24. The van der Waals surface area contributed by atoms with Crippen LogP contribution in [0.25, 0.3) is 0 Å². The van der Waals surface area contributed by atoms with Gasteiger partial charge in [0.1, 0.15) is 0 Å². The molecule has 4 heteroatoms. The second kappa shape index (κ2) is 4.82. The maximum Gasteiger partial charge on any atom is 0.261 e. The maximum atomic E-state index is 12.2. The highest BCUT2D eigenvalue weighted by Crippen LogP contribution is 2.20. The van der Waals surface area contributed by atoms with Gasteiger partial charge in [0.05, 0.1) is 10.6 Å². The van der Waals surface area contributed by atoms with E-state index in [0.29, 0.717) is 5.69 Å². The highest BCUT2D eigenvalue weighted by Gasteiger charge is 2.14. The van der Waals surface area contributed by atoms with E-state index in [1.165, 1.54) is 0 Å². The molecule has 0 saturated heterocycles. The van der Waals surface area contributed by atoms with Crippen molar-refractivity contribution in [2.45, 2.75) is 18.7 Å². The molecule has 0 heterocycles. The van der Waals surface area contributed by atoms with Crippen LogP contribution in [-0.4, -0.2) is 8.42 Å². The molecule has 18 heavy (non-hydrogen) atoms. The fourth-order valence-electron chi connectivity index (χ4n) is 1.65. The zero-order valence-electron chi connectivity index (χ0n) is 10.3. The van der Waals surface area contributed by atoms with Crippen LogP contribution in [0.15, 0.2) is 53.4 Å². The van der Waals surface area contributed by atoms with E-state index in [0.717, 1.165) is 11.1 Å². The van der Waals surface area contributed by atoms with Gasteiger partial charge in [0.25, 0.3) is 10.0 Å². The highest BCUT2D eigenvalue weighted by molar-refractivity contribution is 7.92. The van der Waals surface area contributed by atoms with Gasteiger partial charge in [0.2, 0.25) is 0 Å². The number of rotatable bonds is 3. The lowest BCUT2D eigenvalue weighted by atomic mass is 10.1. The number of nitrogens with one attached hydrogen (secondary N) is 1. The first-order chi connectivity index (χ1) is 8.49. The van der Waals surface area contributed by atoms with Gasteiger partial charge >= 0.3 is 0 Å². The van der Waals surface area contributed by atoms with Gasteiger partial charge in [0.15, 0.2) is 0 Å². The molecule has 2 aromatic carbocycles. The van der Waals surface area contributed by atoms with Crippen molar-refractivity contribution in [1.82, 2.24) is 0 Å². The predicted molar refractivity (Wildman–Crippen MR) is 73.2 cm³/mol. The van der Waals surface area contributed by atoms with E-state index < -0.39 is 10.0 Å². The monoisotopic (exact) mass is 261 g/mol. The molecular weight excluding hydrogens is 246 g/mol. The van der Waals surface area contributed by atoms with Gasteiger partial charge in [-0.15, -0.1) is 0 Å². The van der Waals surface area contributed by atoms with Crippen LogP contribution < -0.4 is 4.72 Å². The van der Waals surface area contributed by atoms with E-state index in [1.807, 2.05) is 32.0 Å². The van der Waals surface area contributed by atoms with Gasteiger partial charge in [-0.05, 0) is 43.2 Å². The number of aryl methyl sites for hydroxylation is 2. The first-order valence-electron chi connectivity index (χ1n) is 5.64. The van der Waals surface area contributed by atoms with Crippen molar-refractivity contribution < 1.29 is 8.42 Å². The number of sulfonamides is 1. The SMILES string of the molecule is Cc1ccc(C)c(NS(=O)(=O)c2ccccc2)c1. The quantitative estimate of drug-likeness (QED) is 0.922. The van der Waals surface area contributed by atoms with E-state index in [2.05, 4.69) is 4.72 Å². The largest absolute Gasteiger partial charge is 0.279 e. The lowest BCUT2D eigenvalue weighted by Crippen LogP contribution is -2.13. The minimum absolute atomic E-state index is 0.269. The lowest BCUT2D eigenvalue weighted by molar-refractivity contribution is 0.601. The molecule has 0 aliphatic carbocycles. The Kier molecular flexibility index (Phi) is 3.39. The number of hydrogen-bond donors (Lipinski definition) is 1. The highest BCUT2D eigenvalue weighted by atomic mass is 32.2. The molecule has 0 fully saturated rings. The predicted octanol–water partition coefficient (Wildman–Crippen LogP) is 3.10. The van der Waals surface area contributed by atoms with E-state index in [1.54, 1.807) is 30.3 Å². The van der Waals surface area contributed by atoms with Gasteiger partial charge in [-0.2, -0.15) is 0 Å². The summed E-state index contributed by atoms with van der Waals surface area (Å²) in [6.45, 7) is 3.81. The van der Waals surface area contributed by atoms with Crippen molar-refractivity contribution in [1.29, 1.82) is 0 Å². The lowest BCUT2D eigenvalue weighted by Gasteiger charge is -2.11. The third kappa shape index (κ3) is 2.71. The Morgan fingerprint density at radius 2 is 1.61 bits per heavy atom. The van der Waals surface area contributed by atoms with Crippen molar-refractivity contribution in [3.63, 3.8) is 0 Å². The van der Waals surface area contributed by atoms with Gasteiger partial charge in [-0.25, -0.2) is 8.42 Å². The molecule has 0 atom stereocenters. The van der Waals surface area contributed by atoms with Crippen LogP contribution in [-0.2, 0) is 10.0 Å². The van der Waals surface area contributed by atoms with E-state index >= 15 is 0 Å². The van der Waals surface area contributed by atoms with Crippen LogP contribution in [0.4, 0.5) is 5.69 Å². The van der Waals surface area contributed by atoms with E-state index in [9.17, 15) is 8.42 Å². The van der Waals surface area contributed by atoms with Crippen LogP contribution >= 0.6 is 0 Å². The minimum atomic E-state index is -3.50. The van der Waals surface area contributed by atoms with E-state index in [4.69, 9.17) is 0 Å². The topological polar surface area (TPSA) is 46.2 Å². The molecule has 0 aliphatic rings. The van der Waals surface area contributed by atoms with Crippen LogP contribution in [0.1, 0.15) is 11.1 Å². The summed E-state index contributed by atoms with van der Waals surface area (Å²) < 4.78 is 26.9.